The Bertz CT molecular complexity index is 139. The van der Waals surface area contributed by atoms with Gasteiger partial charge in [0.2, 0.25) is 0 Å². The average Bonchev–Trinajstić information content (AvgIpc) is 2.79. The first-order chi connectivity index (χ1) is 6.43. The van der Waals surface area contributed by atoms with Crippen LogP contribution in [0.5, 0.6) is 0 Å². The first kappa shape index (κ1) is 24.0. The number of hydrogen-bond acceptors (Lipinski definition) is 3. The zero-order valence-electron chi connectivity index (χ0n) is 8.74. The third kappa shape index (κ3) is 18.4. The first-order valence-corrected chi connectivity index (χ1v) is 6.14. The first-order valence-electron chi connectivity index (χ1n) is 3.54. The fourth-order valence-corrected chi connectivity index (χ4v) is 1.45. The van der Waals surface area contributed by atoms with Crippen molar-refractivity contribution in [3.05, 3.63) is 24.3 Å². The van der Waals surface area contributed by atoms with E-state index in [1.54, 1.807) is 0 Å². The van der Waals surface area contributed by atoms with Gasteiger partial charge in [-0.1, -0.05) is 0 Å². The van der Waals surface area contributed by atoms with E-state index in [-0.39, 0.29) is 25.8 Å². The van der Waals surface area contributed by atoms with E-state index < -0.39 is 15.9 Å². The summed E-state index contributed by atoms with van der Waals surface area (Å²) in [4.78, 5) is 0. The van der Waals surface area contributed by atoms with Crippen LogP contribution in [-0.4, -0.2) is 52.5 Å². The van der Waals surface area contributed by atoms with Crippen molar-refractivity contribution >= 4 is 20.3 Å². The van der Waals surface area contributed by atoms with Crippen molar-refractivity contribution in [3.8, 4) is 0 Å². The second-order valence-electron chi connectivity index (χ2n) is 1.43. The van der Waals surface area contributed by atoms with E-state index in [1.165, 1.54) is 0 Å². The Kier molecular flexibility index (Phi) is 50.1. The second-order valence-corrected chi connectivity index (χ2v) is 3.70. The minimum absolute atomic E-state index is 0. The molecule has 0 spiro atoms. The third-order valence-corrected chi connectivity index (χ3v) is 2.52. The molecule has 3 N–H and O–H groups in total. The molecule has 0 unspecified atom stereocenters. The van der Waals surface area contributed by atoms with Crippen LogP contribution in [-0.2, 0) is 25.8 Å². The van der Waals surface area contributed by atoms with Gasteiger partial charge in [-0.3, -0.25) is 0 Å². The molecule has 0 bridgehead atoms. The summed E-state index contributed by atoms with van der Waals surface area (Å²) >= 11 is -1.73. The normalized spacial score (nSPS) is 6.79. The van der Waals surface area contributed by atoms with Gasteiger partial charge in [0.1, 0.15) is 0 Å². The fourth-order valence-electron chi connectivity index (χ4n) is 0.503. The van der Waals surface area contributed by atoms with E-state index in [9.17, 15) is 3.50 Å². The summed E-state index contributed by atoms with van der Waals surface area (Å²) in [5, 5.41) is 21.0. The van der Waals surface area contributed by atoms with Crippen LogP contribution in [0.3, 0.4) is 0 Å². The standard InChI is InChI=1S/C5H6FGe.3CH4O.Hf/c6-7-5-3-1-2-4-5;3*1-2;/h1-4H,7H2;3*2H,1H3;/q-1;;;;. The summed E-state index contributed by atoms with van der Waals surface area (Å²) in [5.41, 5.74) is 0. The molecular formula is C8H18FGeHfO3-. The maximum absolute atomic E-state index is 11.7. The van der Waals surface area contributed by atoms with Crippen molar-refractivity contribution < 1.29 is 44.7 Å². The number of halogens is 1. The van der Waals surface area contributed by atoms with Gasteiger partial charge >= 0.3 is 48.1 Å². The van der Waals surface area contributed by atoms with Crippen molar-refractivity contribution in [1.82, 2.24) is 0 Å². The Morgan fingerprint density at radius 1 is 0.929 bits per heavy atom. The van der Waals surface area contributed by atoms with E-state index in [1.807, 2.05) is 24.3 Å². The van der Waals surface area contributed by atoms with Crippen molar-refractivity contribution in [2.24, 2.45) is 0 Å². The molecule has 84 valence electrons. The molecule has 0 heterocycles. The molecule has 0 radical (unpaired) electrons. The molecule has 0 aromatic heterocycles. The van der Waals surface area contributed by atoms with E-state index in [4.69, 9.17) is 15.3 Å². The maximum atomic E-state index is 11.7. The molecule has 1 aromatic carbocycles. The molecule has 0 aliphatic rings. The third-order valence-electron chi connectivity index (χ3n) is 0.886. The van der Waals surface area contributed by atoms with E-state index in [2.05, 4.69) is 0 Å². The van der Waals surface area contributed by atoms with Crippen LogP contribution in [0.1, 0.15) is 0 Å². The van der Waals surface area contributed by atoms with Gasteiger partial charge in [0, 0.05) is 47.2 Å². The summed E-state index contributed by atoms with van der Waals surface area (Å²) in [6, 6.07) is 7.44. The summed E-state index contributed by atoms with van der Waals surface area (Å²) in [5.74, 6) is 0. The monoisotopic (exact) mass is 435 g/mol. The quantitative estimate of drug-likeness (QED) is 0.391. The molecule has 0 atom stereocenters. The van der Waals surface area contributed by atoms with Gasteiger partial charge in [0.15, 0.2) is 0 Å². The SMILES string of the molecule is CO.CO.CO.[F][GeH2][c-]1cccc1.[Hf]. The van der Waals surface area contributed by atoms with Crippen molar-refractivity contribution in [2.45, 2.75) is 0 Å². The Balaban J connectivity index is -0.0000000625. The molecule has 0 aliphatic carbocycles. The Morgan fingerprint density at radius 2 is 1.21 bits per heavy atom. The van der Waals surface area contributed by atoms with Gasteiger partial charge < -0.3 is 15.3 Å². The van der Waals surface area contributed by atoms with Crippen LogP contribution in [0.2, 0.25) is 0 Å². The van der Waals surface area contributed by atoms with Gasteiger partial charge in [-0.15, -0.1) is 0 Å². The van der Waals surface area contributed by atoms with Crippen LogP contribution in [0.25, 0.3) is 0 Å². The minimum atomic E-state index is -1.73. The summed E-state index contributed by atoms with van der Waals surface area (Å²) in [7, 11) is 3.00. The van der Waals surface area contributed by atoms with Gasteiger partial charge in [-0.25, -0.2) is 0 Å². The van der Waals surface area contributed by atoms with E-state index >= 15 is 0 Å². The fraction of sp³-hybridized carbons (Fsp3) is 0.375. The largest absolute Gasteiger partial charge is 0 e. The Hall–Kier alpha value is 0.573. The number of rotatable bonds is 1. The van der Waals surface area contributed by atoms with Gasteiger partial charge in [0.05, 0.1) is 0 Å². The molecule has 0 fully saturated rings. The molecule has 0 amide bonds. The molecule has 1 aromatic rings. The molecule has 14 heavy (non-hydrogen) atoms. The van der Waals surface area contributed by atoms with Gasteiger partial charge in [-0.05, 0) is 0 Å². The molecular weight excluding hydrogens is 414 g/mol. The Labute approximate surface area is 110 Å². The smallest absolute Gasteiger partial charge is 0 e. The second kappa shape index (κ2) is 29.2. The predicted octanol–water partition coefficient (Wildman–Crippen LogP) is -1.09. The maximum Gasteiger partial charge on any atom is 0 e. The number of hydrogen-bond donors (Lipinski definition) is 3. The molecule has 1 rings (SSSR count). The van der Waals surface area contributed by atoms with E-state index in [0.29, 0.717) is 0 Å². The number of aliphatic hydroxyl groups is 3. The molecule has 0 aliphatic heterocycles. The molecule has 0 saturated heterocycles. The van der Waals surface area contributed by atoms with Crippen LogP contribution in [0.15, 0.2) is 24.3 Å². The summed E-state index contributed by atoms with van der Waals surface area (Å²) in [6.45, 7) is 0. The zero-order chi connectivity index (χ0) is 11.1. The van der Waals surface area contributed by atoms with Crippen molar-refractivity contribution in [3.63, 3.8) is 0 Å². The van der Waals surface area contributed by atoms with Crippen LogP contribution in [0, 0.1) is 0 Å². The molecule has 3 nitrogen and oxygen atoms in total. The topological polar surface area (TPSA) is 60.7 Å². The predicted molar refractivity (Wildman–Crippen MR) is 55.7 cm³/mol. The van der Waals surface area contributed by atoms with Crippen molar-refractivity contribution in [1.29, 1.82) is 0 Å². The zero-order valence-corrected chi connectivity index (χ0v) is 15.3. The van der Waals surface area contributed by atoms with Crippen molar-refractivity contribution in [2.75, 3.05) is 21.3 Å². The average molecular weight is 432 g/mol. The summed E-state index contributed by atoms with van der Waals surface area (Å²) < 4.78 is 12.7. The minimum Gasteiger partial charge on any atom is 0 e. The number of aliphatic hydroxyl groups excluding tert-OH is 3. The van der Waals surface area contributed by atoms with E-state index in [0.717, 1.165) is 25.7 Å². The van der Waals surface area contributed by atoms with Crippen LogP contribution < -0.4 is 4.40 Å². The Morgan fingerprint density at radius 3 is 1.36 bits per heavy atom. The van der Waals surface area contributed by atoms with Gasteiger partial charge in [-0.2, -0.15) is 0 Å². The molecule has 6 heteroatoms. The van der Waals surface area contributed by atoms with Crippen LogP contribution >= 0.6 is 0 Å². The summed E-state index contributed by atoms with van der Waals surface area (Å²) in [6.07, 6.45) is 0. The molecule has 0 saturated carbocycles. The van der Waals surface area contributed by atoms with Crippen LogP contribution in [0.4, 0.5) is 3.50 Å². The van der Waals surface area contributed by atoms with Gasteiger partial charge in [0.25, 0.3) is 0 Å².